The van der Waals surface area contributed by atoms with Gasteiger partial charge in [-0.15, -0.1) is 0 Å². The fourth-order valence-corrected chi connectivity index (χ4v) is 6.96. The van der Waals surface area contributed by atoms with Crippen LogP contribution in [0, 0.1) is 11.8 Å². The van der Waals surface area contributed by atoms with E-state index in [1.165, 1.54) is 25.1 Å². The van der Waals surface area contributed by atoms with Gasteiger partial charge in [-0.1, -0.05) is 23.4 Å². The number of carbonyl (C=O) groups is 1. The molecule has 11 heteroatoms. The summed E-state index contributed by atoms with van der Waals surface area (Å²) < 4.78 is 7.19. The maximum absolute atomic E-state index is 12.6. The highest BCUT2D eigenvalue weighted by atomic mass is 35.5. The van der Waals surface area contributed by atoms with Crippen LogP contribution in [0.5, 0.6) is 0 Å². The van der Waals surface area contributed by atoms with E-state index in [9.17, 15) is 14.7 Å². The Morgan fingerprint density at radius 3 is 2.35 bits per heavy atom. The van der Waals surface area contributed by atoms with Gasteiger partial charge in [0.15, 0.2) is 5.43 Å². The largest absolute Gasteiger partial charge is 0.477 e. The normalized spacial score (nSPS) is 21.5. The van der Waals surface area contributed by atoms with Crippen molar-refractivity contribution in [1.29, 1.82) is 0 Å². The van der Waals surface area contributed by atoms with Gasteiger partial charge in [-0.3, -0.25) is 14.4 Å². The third-order valence-electron chi connectivity index (χ3n) is 8.93. The Morgan fingerprint density at radius 1 is 1.05 bits per heavy atom. The van der Waals surface area contributed by atoms with E-state index in [1.54, 1.807) is 23.1 Å². The van der Waals surface area contributed by atoms with E-state index in [1.807, 2.05) is 31.8 Å². The van der Waals surface area contributed by atoms with Crippen LogP contribution < -0.4 is 15.3 Å². The molecule has 222 valence electrons. The van der Waals surface area contributed by atoms with Gasteiger partial charge >= 0.3 is 5.97 Å². The SMILES string of the molecule is CC(C)(C)N1Cc2cc(C#Cc3cnc(N4CC5CCC(C4)N5C4COC4)nc3)c(Cl)cc2-c2cc(=O)c(C(=O)O)cn21. The molecule has 0 radical (unpaired) electrons. The van der Waals surface area contributed by atoms with E-state index < -0.39 is 11.4 Å². The van der Waals surface area contributed by atoms with Crippen molar-refractivity contribution in [2.24, 2.45) is 0 Å². The lowest BCUT2D eigenvalue weighted by Gasteiger charge is -2.47. The number of fused-ring (bicyclic) bond motifs is 5. The fourth-order valence-electron chi connectivity index (χ4n) is 6.75. The first-order valence-corrected chi connectivity index (χ1v) is 15.0. The van der Waals surface area contributed by atoms with Gasteiger partial charge in [-0.25, -0.2) is 14.8 Å². The van der Waals surface area contributed by atoms with Crippen LogP contribution in [0.15, 0.2) is 41.6 Å². The molecule has 3 saturated heterocycles. The van der Waals surface area contributed by atoms with E-state index in [2.05, 4.69) is 31.6 Å². The number of anilines is 1. The molecule has 3 aromatic rings. The maximum atomic E-state index is 12.6. The number of hydrogen-bond acceptors (Lipinski definition) is 8. The smallest absolute Gasteiger partial charge is 0.341 e. The fraction of sp³-hybridized carbons (Fsp3) is 0.438. The highest BCUT2D eigenvalue weighted by Crippen LogP contribution is 2.37. The molecule has 6 heterocycles. The lowest BCUT2D eigenvalue weighted by atomic mass is 9.96. The minimum Gasteiger partial charge on any atom is -0.477 e. The molecule has 43 heavy (non-hydrogen) atoms. The highest BCUT2D eigenvalue weighted by Gasteiger charge is 2.45. The van der Waals surface area contributed by atoms with Crippen LogP contribution in [0.25, 0.3) is 11.3 Å². The van der Waals surface area contributed by atoms with Gasteiger partial charge in [0.05, 0.1) is 42.1 Å². The number of halogens is 1. The summed E-state index contributed by atoms with van der Waals surface area (Å²) in [4.78, 5) is 38.6. The molecule has 10 nitrogen and oxygen atoms in total. The van der Waals surface area contributed by atoms with Gasteiger partial charge in [-0.05, 0) is 51.3 Å². The Labute approximate surface area is 254 Å². The number of aromatic carboxylic acids is 1. The van der Waals surface area contributed by atoms with Crippen molar-refractivity contribution in [2.75, 3.05) is 36.2 Å². The van der Waals surface area contributed by atoms with Crippen LogP contribution in [0.2, 0.25) is 5.02 Å². The second-order valence-electron chi connectivity index (χ2n) is 12.8. The molecule has 2 atom stereocenters. The number of benzene rings is 1. The first-order chi connectivity index (χ1) is 20.6. The number of pyridine rings is 1. The summed E-state index contributed by atoms with van der Waals surface area (Å²) in [5.74, 6) is 5.83. The Balaban J connectivity index is 1.14. The van der Waals surface area contributed by atoms with Gasteiger partial charge in [-0.2, -0.15) is 0 Å². The van der Waals surface area contributed by atoms with Crippen molar-refractivity contribution in [3.63, 3.8) is 0 Å². The number of carboxylic acids is 1. The Hall–Kier alpha value is -3.91. The Bertz CT molecular complexity index is 1720. The van der Waals surface area contributed by atoms with Crippen LogP contribution in [-0.2, 0) is 11.3 Å². The molecule has 1 aromatic carbocycles. The van der Waals surface area contributed by atoms with Crippen molar-refractivity contribution in [3.05, 3.63) is 74.3 Å². The Kier molecular flexibility index (Phi) is 6.73. The van der Waals surface area contributed by atoms with Crippen molar-refractivity contribution in [3.8, 4) is 23.1 Å². The van der Waals surface area contributed by atoms with Gasteiger partial charge in [0.25, 0.3) is 0 Å². The molecule has 2 aromatic heterocycles. The number of hydrogen-bond donors (Lipinski definition) is 1. The summed E-state index contributed by atoms with van der Waals surface area (Å²) in [5, 5.41) is 12.0. The molecule has 4 aliphatic heterocycles. The molecule has 0 saturated carbocycles. The van der Waals surface area contributed by atoms with E-state index >= 15 is 0 Å². The number of rotatable bonds is 3. The zero-order valence-electron chi connectivity index (χ0n) is 24.4. The van der Waals surface area contributed by atoms with Gasteiger partial charge in [0, 0.05) is 66.5 Å². The van der Waals surface area contributed by atoms with Crippen molar-refractivity contribution in [2.45, 2.75) is 63.8 Å². The molecule has 0 aliphatic carbocycles. The average molecular weight is 601 g/mol. The minimum absolute atomic E-state index is 0.276. The van der Waals surface area contributed by atoms with Crippen LogP contribution in [0.3, 0.4) is 0 Å². The third-order valence-corrected chi connectivity index (χ3v) is 9.24. The summed E-state index contributed by atoms with van der Waals surface area (Å²) in [6, 6.07) is 6.73. The van der Waals surface area contributed by atoms with Gasteiger partial charge in [0.1, 0.15) is 5.56 Å². The van der Waals surface area contributed by atoms with Gasteiger partial charge < -0.3 is 19.8 Å². The zero-order chi connectivity index (χ0) is 30.0. The Morgan fingerprint density at radius 2 is 1.74 bits per heavy atom. The zero-order valence-corrected chi connectivity index (χ0v) is 25.1. The summed E-state index contributed by atoms with van der Waals surface area (Å²) in [6.07, 6.45) is 7.34. The minimum atomic E-state index is -1.25. The summed E-state index contributed by atoms with van der Waals surface area (Å²) in [7, 11) is 0. The molecule has 1 N–H and O–H groups in total. The predicted octanol–water partition coefficient (Wildman–Crippen LogP) is 3.36. The van der Waals surface area contributed by atoms with Gasteiger partial charge in [0.2, 0.25) is 5.95 Å². The molecular formula is C32H33ClN6O4. The molecular weight excluding hydrogens is 568 g/mol. The number of nitrogens with zero attached hydrogens (tertiary/aromatic N) is 6. The lowest BCUT2D eigenvalue weighted by molar-refractivity contribution is -0.0851. The monoisotopic (exact) mass is 600 g/mol. The van der Waals surface area contributed by atoms with Crippen LogP contribution in [0.1, 0.15) is 60.7 Å². The number of piperazine rings is 1. The third kappa shape index (κ3) is 4.95. The molecule has 0 amide bonds. The molecule has 7 rings (SSSR count). The van der Waals surface area contributed by atoms with Crippen LogP contribution in [0.4, 0.5) is 5.95 Å². The predicted molar refractivity (Wildman–Crippen MR) is 163 cm³/mol. The van der Waals surface area contributed by atoms with Crippen molar-refractivity contribution < 1.29 is 14.6 Å². The number of aromatic nitrogens is 3. The van der Waals surface area contributed by atoms with Crippen molar-refractivity contribution >= 4 is 23.5 Å². The molecule has 2 bridgehead atoms. The highest BCUT2D eigenvalue weighted by molar-refractivity contribution is 6.32. The van der Waals surface area contributed by atoms with E-state index in [4.69, 9.17) is 16.3 Å². The number of ether oxygens (including phenoxy) is 1. The standard InChI is InChI=1S/C32H33ClN6O4/c1-32(2,3)38-13-21-8-20(27(33)9-25(21)28-10-29(40)26(30(41)42)16-37(28)38)5-4-19-11-34-31(35-12-19)36-14-22-6-7-23(15-36)39(22)24-17-43-18-24/h8-12,16,22-24H,6-7,13-15,17-18H2,1-3H3,(H,41,42). The summed E-state index contributed by atoms with van der Waals surface area (Å²) in [6.45, 7) is 10.2. The second kappa shape index (κ2) is 10.4. The van der Waals surface area contributed by atoms with E-state index in [0.717, 1.165) is 43.4 Å². The molecule has 0 spiro atoms. The average Bonchev–Trinajstić information content (AvgIpc) is 3.17. The van der Waals surface area contributed by atoms with E-state index in [-0.39, 0.29) is 11.1 Å². The first kappa shape index (κ1) is 27.9. The summed E-state index contributed by atoms with van der Waals surface area (Å²) in [5.41, 5.74) is 2.47. The first-order valence-electron chi connectivity index (χ1n) is 14.6. The van der Waals surface area contributed by atoms with E-state index in [0.29, 0.717) is 46.5 Å². The molecule has 3 fully saturated rings. The van der Waals surface area contributed by atoms with Crippen molar-refractivity contribution in [1.82, 2.24) is 19.5 Å². The summed E-state index contributed by atoms with van der Waals surface area (Å²) >= 11 is 6.70. The number of carboxylic acid groups (broad SMARTS) is 1. The van der Waals surface area contributed by atoms with Crippen LogP contribution in [-0.4, -0.2) is 80.6 Å². The second-order valence-corrected chi connectivity index (χ2v) is 13.2. The molecule has 2 unspecified atom stereocenters. The molecule has 4 aliphatic rings. The quantitative estimate of drug-likeness (QED) is 0.453. The van der Waals surface area contributed by atoms with Crippen LogP contribution >= 0.6 is 11.6 Å². The maximum Gasteiger partial charge on any atom is 0.341 e. The lowest BCUT2D eigenvalue weighted by Crippen LogP contribution is -2.62. The topological polar surface area (TPSA) is 104 Å².